The van der Waals surface area contributed by atoms with Crippen LogP contribution >= 0.6 is 24.0 Å². The van der Waals surface area contributed by atoms with Crippen LogP contribution in [0.15, 0.2) is 52.4 Å². The van der Waals surface area contributed by atoms with Gasteiger partial charge in [-0.3, -0.25) is 0 Å². The molecule has 1 aromatic heterocycles. The lowest BCUT2D eigenvalue weighted by molar-refractivity contribution is 0.601. The van der Waals surface area contributed by atoms with Crippen LogP contribution in [0.25, 0.3) is 11.0 Å². The van der Waals surface area contributed by atoms with Crippen molar-refractivity contribution >= 4 is 50.8 Å². The van der Waals surface area contributed by atoms with Crippen molar-refractivity contribution in [3.63, 3.8) is 0 Å². The summed E-state index contributed by atoms with van der Waals surface area (Å²) in [6, 6.07) is 13.4. The Morgan fingerprint density at radius 3 is 2.53 bits per heavy atom. The molecule has 0 unspecified atom stereocenters. The van der Waals surface area contributed by atoms with Crippen LogP contribution in [0.1, 0.15) is 23.9 Å². The smallest absolute Gasteiger partial charge is 0.191 e. The number of aliphatic imine (C=N–C) groups is 1. The molecule has 0 radical (unpaired) electrons. The lowest BCUT2D eigenvalue weighted by Crippen LogP contribution is -2.37. The molecule has 2 aromatic carbocycles. The first-order chi connectivity index (χ1) is 13.8. The summed E-state index contributed by atoms with van der Waals surface area (Å²) in [5.74, 6) is 1.61. The summed E-state index contributed by atoms with van der Waals surface area (Å²) in [5, 5.41) is 6.55. The average molecular weight is 541 g/mol. The average Bonchev–Trinajstić information content (AvgIpc) is 2.99. The Bertz CT molecular complexity index is 1160. The van der Waals surface area contributed by atoms with Gasteiger partial charge in [0.1, 0.15) is 5.82 Å². The van der Waals surface area contributed by atoms with E-state index in [-0.39, 0.29) is 24.0 Å². The van der Waals surface area contributed by atoms with E-state index in [1.54, 1.807) is 13.0 Å². The molecular formula is C21H28IN5O2S. The van der Waals surface area contributed by atoms with Gasteiger partial charge < -0.3 is 15.2 Å². The number of aryl methyl sites for hydroxylation is 2. The van der Waals surface area contributed by atoms with Crippen molar-refractivity contribution in [3.05, 3.63) is 59.4 Å². The molecule has 0 aliphatic heterocycles. The van der Waals surface area contributed by atoms with Gasteiger partial charge in [-0.05, 0) is 43.2 Å². The van der Waals surface area contributed by atoms with E-state index in [9.17, 15) is 8.42 Å². The zero-order chi connectivity index (χ0) is 21.0. The van der Waals surface area contributed by atoms with Crippen LogP contribution in [0, 0.1) is 6.92 Å². The van der Waals surface area contributed by atoms with E-state index in [1.165, 1.54) is 6.26 Å². The van der Waals surface area contributed by atoms with Gasteiger partial charge in [-0.1, -0.05) is 24.3 Å². The highest BCUT2D eigenvalue weighted by Gasteiger charge is 2.11. The summed E-state index contributed by atoms with van der Waals surface area (Å²) in [4.78, 5) is 9.65. The first kappa shape index (κ1) is 24.1. The van der Waals surface area contributed by atoms with E-state index in [0.717, 1.165) is 34.5 Å². The number of guanidine groups is 1. The Kier molecular flexibility index (Phi) is 8.25. The topological polar surface area (TPSA) is 88.4 Å². The molecule has 2 N–H and O–H groups in total. The van der Waals surface area contributed by atoms with E-state index in [2.05, 4.69) is 25.2 Å². The molecule has 3 rings (SSSR count). The van der Waals surface area contributed by atoms with Crippen LogP contribution in [0.4, 0.5) is 0 Å². The number of nitrogens with one attached hydrogen (secondary N) is 2. The predicted octanol–water partition coefficient (Wildman–Crippen LogP) is 3.16. The largest absolute Gasteiger partial charge is 0.357 e. The maximum Gasteiger partial charge on any atom is 0.191 e. The number of hydrogen-bond acceptors (Lipinski definition) is 4. The summed E-state index contributed by atoms with van der Waals surface area (Å²) < 4.78 is 25.6. The number of rotatable bonds is 6. The van der Waals surface area contributed by atoms with Gasteiger partial charge in [0.15, 0.2) is 15.8 Å². The minimum atomic E-state index is -3.21. The van der Waals surface area contributed by atoms with Gasteiger partial charge in [-0.25, -0.2) is 18.4 Å². The quantitative estimate of drug-likeness (QED) is 0.285. The number of sulfone groups is 1. The molecule has 0 spiro atoms. The van der Waals surface area contributed by atoms with Gasteiger partial charge in [-0.2, -0.15) is 0 Å². The van der Waals surface area contributed by atoms with E-state index in [1.807, 2.05) is 50.4 Å². The highest BCUT2D eigenvalue weighted by molar-refractivity contribution is 14.0. The van der Waals surface area contributed by atoms with Crippen LogP contribution in [0.2, 0.25) is 0 Å². The first-order valence-electron chi connectivity index (χ1n) is 9.51. The number of benzene rings is 2. The van der Waals surface area contributed by atoms with Gasteiger partial charge >= 0.3 is 0 Å². The third-order valence-electron chi connectivity index (χ3n) is 4.70. The number of para-hydroxylation sites is 2. The van der Waals surface area contributed by atoms with Crippen LogP contribution < -0.4 is 10.6 Å². The van der Waals surface area contributed by atoms with Crippen molar-refractivity contribution in [1.29, 1.82) is 0 Å². The van der Waals surface area contributed by atoms with Crippen molar-refractivity contribution in [2.24, 2.45) is 12.0 Å². The van der Waals surface area contributed by atoms with Crippen LogP contribution in [-0.2, 0) is 30.0 Å². The van der Waals surface area contributed by atoms with Crippen molar-refractivity contribution in [2.75, 3.05) is 12.8 Å². The summed E-state index contributed by atoms with van der Waals surface area (Å²) in [7, 11) is -1.21. The predicted molar refractivity (Wildman–Crippen MR) is 132 cm³/mol. The Hall–Kier alpha value is -2.14. The van der Waals surface area contributed by atoms with Crippen molar-refractivity contribution < 1.29 is 8.42 Å². The van der Waals surface area contributed by atoms with Crippen LogP contribution in [0.3, 0.4) is 0 Å². The summed E-state index contributed by atoms with van der Waals surface area (Å²) >= 11 is 0. The molecule has 0 saturated carbocycles. The number of aromatic nitrogens is 2. The molecule has 30 heavy (non-hydrogen) atoms. The zero-order valence-corrected chi connectivity index (χ0v) is 20.8. The molecule has 7 nitrogen and oxygen atoms in total. The number of fused-ring (bicyclic) bond motifs is 1. The fourth-order valence-corrected chi connectivity index (χ4v) is 4.21. The van der Waals surface area contributed by atoms with E-state index >= 15 is 0 Å². The second-order valence-electron chi connectivity index (χ2n) is 7.00. The monoisotopic (exact) mass is 541 g/mol. The Labute approximate surface area is 194 Å². The molecule has 0 atom stereocenters. The molecule has 0 aliphatic carbocycles. The van der Waals surface area contributed by atoms with Crippen molar-refractivity contribution in [1.82, 2.24) is 20.2 Å². The van der Waals surface area contributed by atoms with E-state index < -0.39 is 9.84 Å². The molecular weight excluding hydrogens is 513 g/mol. The third kappa shape index (κ3) is 5.72. The molecule has 3 aromatic rings. The fourth-order valence-electron chi connectivity index (χ4n) is 3.25. The summed E-state index contributed by atoms with van der Waals surface area (Å²) in [6.07, 6.45) is 1.22. The van der Waals surface area contributed by atoms with Gasteiger partial charge in [0, 0.05) is 19.8 Å². The Balaban J connectivity index is 0.00000320. The lowest BCUT2D eigenvalue weighted by atomic mass is 10.1. The normalized spacial score (nSPS) is 11.9. The maximum absolute atomic E-state index is 11.8. The fraction of sp³-hybridized carbons (Fsp3) is 0.333. The standard InChI is InChI=1S/C21H27N5O2S.HI/c1-5-22-21(23-13-16-10-11-19(15(2)12-16)29(4,27)28)24-14-20-25-17-8-6-7-9-18(17)26(20)3;/h6-12H,5,13-14H2,1-4H3,(H2,22,23,24);1H. The SMILES string of the molecule is CCNC(=NCc1ccc(S(C)(=O)=O)c(C)c1)NCc1nc2ccccc2n1C.I. The molecule has 9 heteroatoms. The van der Waals surface area contributed by atoms with E-state index in [0.29, 0.717) is 23.9 Å². The number of halogens is 1. The van der Waals surface area contributed by atoms with Gasteiger partial charge in [-0.15, -0.1) is 24.0 Å². The third-order valence-corrected chi connectivity index (χ3v) is 5.95. The Morgan fingerprint density at radius 2 is 1.90 bits per heavy atom. The second kappa shape index (κ2) is 10.3. The van der Waals surface area contributed by atoms with Gasteiger partial charge in [0.25, 0.3) is 0 Å². The highest BCUT2D eigenvalue weighted by atomic mass is 127. The number of hydrogen-bond donors (Lipinski definition) is 2. The second-order valence-corrected chi connectivity index (χ2v) is 8.98. The van der Waals surface area contributed by atoms with Crippen molar-refractivity contribution in [2.45, 2.75) is 31.8 Å². The van der Waals surface area contributed by atoms with Crippen LogP contribution in [-0.4, -0.2) is 36.7 Å². The molecule has 162 valence electrons. The van der Waals surface area contributed by atoms with Crippen molar-refractivity contribution in [3.8, 4) is 0 Å². The number of nitrogens with zero attached hydrogens (tertiary/aromatic N) is 3. The minimum Gasteiger partial charge on any atom is -0.357 e. The van der Waals surface area contributed by atoms with Gasteiger partial charge in [0.2, 0.25) is 0 Å². The highest BCUT2D eigenvalue weighted by Crippen LogP contribution is 2.17. The molecule has 0 fully saturated rings. The summed E-state index contributed by atoms with van der Waals surface area (Å²) in [5.41, 5.74) is 3.75. The molecule has 0 aliphatic rings. The molecule has 0 saturated heterocycles. The minimum absolute atomic E-state index is 0. The first-order valence-corrected chi connectivity index (χ1v) is 11.4. The molecule has 0 bridgehead atoms. The summed E-state index contributed by atoms with van der Waals surface area (Å²) in [6.45, 7) is 5.54. The number of imidazole rings is 1. The van der Waals surface area contributed by atoms with Gasteiger partial charge in [0.05, 0.1) is 29.0 Å². The maximum atomic E-state index is 11.8. The lowest BCUT2D eigenvalue weighted by Gasteiger charge is -2.12. The molecule has 0 amide bonds. The molecule has 1 heterocycles. The van der Waals surface area contributed by atoms with E-state index in [4.69, 9.17) is 0 Å². The van der Waals surface area contributed by atoms with Crippen LogP contribution in [0.5, 0.6) is 0 Å². The Morgan fingerprint density at radius 1 is 1.17 bits per heavy atom. The zero-order valence-electron chi connectivity index (χ0n) is 17.6.